The van der Waals surface area contributed by atoms with E-state index >= 15 is 0 Å². The molecule has 1 nitrogen and oxygen atoms in total. The van der Waals surface area contributed by atoms with Gasteiger partial charge in [-0.2, -0.15) is 0 Å². The summed E-state index contributed by atoms with van der Waals surface area (Å²) in [4.78, 5) is 1.33. The number of thiophene rings is 1. The molecule has 0 aliphatic rings. The van der Waals surface area contributed by atoms with E-state index in [4.69, 9.17) is 11.6 Å². The van der Waals surface area contributed by atoms with Crippen LogP contribution in [0, 0.1) is 0 Å². The molecule has 1 atom stereocenters. The predicted octanol–water partition coefficient (Wildman–Crippen LogP) is 5.79. The van der Waals surface area contributed by atoms with Gasteiger partial charge in [0.05, 0.1) is 0 Å². The minimum absolute atomic E-state index is 0.449. The van der Waals surface area contributed by atoms with Gasteiger partial charge in [0.25, 0.3) is 0 Å². The van der Waals surface area contributed by atoms with Crippen molar-refractivity contribution in [2.45, 2.75) is 51.5 Å². The van der Waals surface area contributed by atoms with Gasteiger partial charge in [-0.3, -0.25) is 0 Å². The van der Waals surface area contributed by atoms with E-state index in [1.165, 1.54) is 43.4 Å². The number of hydrogen-bond donors (Lipinski definition) is 1. The third-order valence-corrected chi connectivity index (χ3v) is 5.54. The molecular formula is C13H21BrClNS. The van der Waals surface area contributed by atoms with Gasteiger partial charge in [0.1, 0.15) is 4.34 Å². The van der Waals surface area contributed by atoms with Crippen LogP contribution in [0.4, 0.5) is 0 Å². The van der Waals surface area contributed by atoms with Crippen molar-refractivity contribution in [3.05, 3.63) is 19.8 Å². The molecule has 0 fully saturated rings. The van der Waals surface area contributed by atoms with Crippen LogP contribution >= 0.6 is 38.9 Å². The van der Waals surface area contributed by atoms with E-state index in [0.717, 1.165) is 8.81 Å². The van der Waals surface area contributed by atoms with E-state index in [1.807, 2.05) is 7.05 Å². The summed E-state index contributed by atoms with van der Waals surface area (Å²) < 4.78 is 1.87. The highest BCUT2D eigenvalue weighted by Gasteiger charge is 2.13. The van der Waals surface area contributed by atoms with Crippen LogP contribution in [0.1, 0.15) is 56.4 Å². The molecule has 0 aliphatic carbocycles. The van der Waals surface area contributed by atoms with Crippen molar-refractivity contribution in [3.8, 4) is 0 Å². The zero-order chi connectivity index (χ0) is 12.7. The average Bonchev–Trinajstić information content (AvgIpc) is 2.64. The molecule has 0 amide bonds. The van der Waals surface area contributed by atoms with Gasteiger partial charge in [0.15, 0.2) is 0 Å². The maximum absolute atomic E-state index is 6.08. The van der Waals surface area contributed by atoms with Crippen molar-refractivity contribution in [2.75, 3.05) is 7.05 Å². The second-order valence-electron chi connectivity index (χ2n) is 4.31. The van der Waals surface area contributed by atoms with Crippen LogP contribution in [0.5, 0.6) is 0 Å². The fourth-order valence-electron chi connectivity index (χ4n) is 1.92. The van der Waals surface area contributed by atoms with Gasteiger partial charge < -0.3 is 5.32 Å². The summed E-state index contributed by atoms with van der Waals surface area (Å²) in [5.74, 6) is 0. The maximum Gasteiger partial charge on any atom is 0.107 e. The summed E-state index contributed by atoms with van der Waals surface area (Å²) in [5.41, 5.74) is 0. The third-order valence-electron chi connectivity index (χ3n) is 2.95. The largest absolute Gasteiger partial charge is 0.312 e. The van der Waals surface area contributed by atoms with Crippen LogP contribution in [0.15, 0.2) is 10.5 Å². The van der Waals surface area contributed by atoms with Crippen molar-refractivity contribution in [3.63, 3.8) is 0 Å². The third kappa shape index (κ3) is 5.29. The van der Waals surface area contributed by atoms with E-state index in [9.17, 15) is 0 Å². The first-order valence-electron chi connectivity index (χ1n) is 6.31. The van der Waals surface area contributed by atoms with E-state index in [0.29, 0.717) is 6.04 Å². The van der Waals surface area contributed by atoms with Crippen LogP contribution in [0.3, 0.4) is 0 Å². The highest BCUT2D eigenvalue weighted by molar-refractivity contribution is 9.10. The summed E-state index contributed by atoms with van der Waals surface area (Å²) >= 11 is 11.2. The lowest BCUT2D eigenvalue weighted by atomic mass is 10.1. The Morgan fingerprint density at radius 2 is 2.06 bits per heavy atom. The van der Waals surface area contributed by atoms with Crippen LogP contribution in [-0.4, -0.2) is 7.05 Å². The van der Waals surface area contributed by atoms with Crippen LogP contribution in [-0.2, 0) is 0 Å². The summed E-state index contributed by atoms with van der Waals surface area (Å²) in [6.45, 7) is 2.25. The van der Waals surface area contributed by atoms with Crippen molar-refractivity contribution in [1.82, 2.24) is 5.32 Å². The van der Waals surface area contributed by atoms with Crippen molar-refractivity contribution < 1.29 is 0 Å². The summed E-state index contributed by atoms with van der Waals surface area (Å²) in [7, 11) is 2.03. The number of hydrogen-bond acceptors (Lipinski definition) is 2. The zero-order valence-electron chi connectivity index (χ0n) is 10.6. The molecule has 1 rings (SSSR count). The van der Waals surface area contributed by atoms with Gasteiger partial charge in [-0.25, -0.2) is 0 Å². The minimum atomic E-state index is 0.449. The fourth-order valence-corrected chi connectivity index (χ4v) is 3.80. The Balaban J connectivity index is 2.38. The van der Waals surface area contributed by atoms with E-state index < -0.39 is 0 Å². The second kappa shape index (κ2) is 8.52. The molecule has 1 aromatic rings. The van der Waals surface area contributed by atoms with Crippen molar-refractivity contribution >= 4 is 38.9 Å². The molecule has 0 saturated heterocycles. The quantitative estimate of drug-likeness (QED) is 0.592. The standard InChI is InChI=1S/C13H21BrClNS/c1-3-4-5-6-7-8-11(16-2)12-9-10(14)13(15)17-12/h9,11,16H,3-8H2,1-2H3. The molecule has 1 heterocycles. The molecule has 0 aliphatic heterocycles. The smallest absolute Gasteiger partial charge is 0.107 e. The van der Waals surface area contributed by atoms with Crippen molar-refractivity contribution in [2.24, 2.45) is 0 Å². The molecule has 1 N–H and O–H groups in total. The fraction of sp³-hybridized carbons (Fsp3) is 0.692. The van der Waals surface area contributed by atoms with E-state index in [-0.39, 0.29) is 0 Å². The Hall–Kier alpha value is 0.430. The van der Waals surface area contributed by atoms with Gasteiger partial charge in [0.2, 0.25) is 0 Å². The Morgan fingerprint density at radius 1 is 1.35 bits per heavy atom. The Morgan fingerprint density at radius 3 is 2.59 bits per heavy atom. The number of rotatable bonds is 8. The lowest BCUT2D eigenvalue weighted by Crippen LogP contribution is -2.14. The summed E-state index contributed by atoms with van der Waals surface area (Å²) in [5, 5.41) is 3.38. The average molecular weight is 339 g/mol. The molecule has 0 bridgehead atoms. The lowest BCUT2D eigenvalue weighted by Gasteiger charge is -2.14. The van der Waals surface area contributed by atoms with Gasteiger partial charge in [-0.1, -0.05) is 50.6 Å². The minimum Gasteiger partial charge on any atom is -0.312 e. The number of halogens is 2. The maximum atomic E-state index is 6.08. The van der Waals surface area contributed by atoms with Crippen LogP contribution in [0.25, 0.3) is 0 Å². The lowest BCUT2D eigenvalue weighted by molar-refractivity contribution is 0.506. The number of unbranched alkanes of at least 4 members (excludes halogenated alkanes) is 4. The molecule has 0 spiro atoms. The zero-order valence-corrected chi connectivity index (χ0v) is 13.7. The first kappa shape index (κ1) is 15.5. The van der Waals surface area contributed by atoms with Crippen LogP contribution < -0.4 is 5.32 Å². The van der Waals surface area contributed by atoms with Gasteiger partial charge in [-0.15, -0.1) is 11.3 Å². The van der Waals surface area contributed by atoms with Crippen LogP contribution in [0.2, 0.25) is 4.34 Å². The summed E-state index contributed by atoms with van der Waals surface area (Å²) in [6.07, 6.45) is 7.86. The molecule has 0 saturated carbocycles. The molecule has 4 heteroatoms. The monoisotopic (exact) mass is 337 g/mol. The van der Waals surface area contributed by atoms with Gasteiger partial charge >= 0.3 is 0 Å². The topological polar surface area (TPSA) is 12.0 Å². The van der Waals surface area contributed by atoms with E-state index in [1.54, 1.807) is 11.3 Å². The molecule has 0 aromatic carbocycles. The van der Waals surface area contributed by atoms with Crippen molar-refractivity contribution in [1.29, 1.82) is 0 Å². The van der Waals surface area contributed by atoms with Gasteiger partial charge in [-0.05, 0) is 35.5 Å². The van der Waals surface area contributed by atoms with Gasteiger partial charge in [0, 0.05) is 15.4 Å². The Bertz CT molecular complexity index is 308. The molecule has 17 heavy (non-hydrogen) atoms. The van der Waals surface area contributed by atoms with E-state index in [2.05, 4.69) is 34.2 Å². The highest BCUT2D eigenvalue weighted by atomic mass is 79.9. The molecule has 1 unspecified atom stereocenters. The molecule has 0 radical (unpaired) electrons. The number of nitrogens with one attached hydrogen (secondary N) is 1. The Kier molecular flexibility index (Phi) is 7.76. The molecule has 98 valence electrons. The normalized spacial score (nSPS) is 12.9. The predicted molar refractivity (Wildman–Crippen MR) is 82.2 cm³/mol. The molecular weight excluding hydrogens is 318 g/mol. The highest BCUT2D eigenvalue weighted by Crippen LogP contribution is 2.36. The SMILES string of the molecule is CCCCCCCC(NC)c1cc(Br)c(Cl)s1. The first-order valence-corrected chi connectivity index (χ1v) is 8.29. The summed E-state index contributed by atoms with van der Waals surface area (Å²) in [6, 6.07) is 2.59. The Labute approximate surface area is 122 Å². The molecule has 1 aromatic heterocycles. The first-order chi connectivity index (χ1) is 8.19. The second-order valence-corrected chi connectivity index (χ2v) is 6.85.